The molecular weight excluding hydrogens is 737 g/mol. The predicted octanol–water partition coefficient (Wildman–Crippen LogP) is 11.0. The van der Waals surface area contributed by atoms with Crippen molar-refractivity contribution in [1.82, 2.24) is 0 Å². The summed E-state index contributed by atoms with van der Waals surface area (Å²) in [4.78, 5) is 25.3. The second kappa shape index (κ2) is 39.8. The fourth-order valence-electron chi connectivity index (χ4n) is 7.84. The Bertz CT molecular complexity index is 917. The number of hydrogen-bond acceptors (Lipinski definition) is 10. The van der Waals surface area contributed by atoms with E-state index in [0.29, 0.717) is 6.42 Å². The number of unbranched alkanes of at least 4 members (excludes halogenated alkanes) is 31. The molecule has 0 aromatic heterocycles. The standard InChI is InChI=1S/C48H92O10/c1-3-5-7-9-11-13-15-16-17-18-19-20-21-22-23-24-25-26-27-29-30-32-34-36-43(50)55-39-41(40-56-48-47(54)46(53)45(52)42(38-49)58-48)57-44(51)37-35-33-31-28-14-12-10-8-6-4-2/h41-42,45-49,52-54H,3-40H2,1-2H3/t41-,42-,45+,46?,47?,48-/m0/s1. The molecule has 0 spiro atoms. The van der Waals surface area contributed by atoms with E-state index in [0.717, 1.165) is 38.5 Å². The van der Waals surface area contributed by atoms with Crippen molar-refractivity contribution in [1.29, 1.82) is 0 Å². The third-order valence-corrected chi connectivity index (χ3v) is 11.7. The van der Waals surface area contributed by atoms with Gasteiger partial charge < -0.3 is 39.4 Å². The Morgan fingerprint density at radius 2 is 0.810 bits per heavy atom. The maximum Gasteiger partial charge on any atom is 0.306 e. The fourth-order valence-corrected chi connectivity index (χ4v) is 7.84. The Hall–Kier alpha value is -1.30. The van der Waals surface area contributed by atoms with E-state index in [2.05, 4.69) is 13.8 Å². The number of aliphatic hydroxyl groups is 4. The van der Waals surface area contributed by atoms with Crippen molar-refractivity contribution >= 4 is 11.9 Å². The average molecular weight is 829 g/mol. The topological polar surface area (TPSA) is 152 Å². The van der Waals surface area contributed by atoms with Crippen molar-refractivity contribution in [2.24, 2.45) is 0 Å². The Labute approximate surface area is 355 Å². The summed E-state index contributed by atoms with van der Waals surface area (Å²) in [6.07, 6.45) is 34.2. The molecule has 2 unspecified atom stereocenters. The van der Waals surface area contributed by atoms with Crippen LogP contribution in [0, 0.1) is 0 Å². The number of ether oxygens (including phenoxy) is 4. The van der Waals surface area contributed by atoms with E-state index in [4.69, 9.17) is 18.9 Å². The zero-order valence-electron chi connectivity index (χ0n) is 37.6. The van der Waals surface area contributed by atoms with Gasteiger partial charge in [-0.3, -0.25) is 9.59 Å². The number of hydrogen-bond donors (Lipinski definition) is 4. The van der Waals surface area contributed by atoms with Crippen molar-refractivity contribution in [2.75, 3.05) is 19.8 Å². The number of esters is 2. The molecule has 0 amide bonds. The van der Waals surface area contributed by atoms with Gasteiger partial charge in [-0.05, 0) is 12.8 Å². The third-order valence-electron chi connectivity index (χ3n) is 11.7. The second-order valence-electron chi connectivity index (χ2n) is 17.3. The fraction of sp³-hybridized carbons (Fsp3) is 0.958. The SMILES string of the molecule is CCCCCCCCCCCCCCCCCCCCCCCCCC(=O)OC[C@@H](CO[C@H]1O[C@@H](CO)[C@@H](O)C(O)C1O)OC(=O)CCCCCCCCCCCC. The van der Waals surface area contributed by atoms with Crippen molar-refractivity contribution < 1.29 is 49.0 Å². The lowest BCUT2D eigenvalue weighted by Gasteiger charge is -2.39. The van der Waals surface area contributed by atoms with Crippen LogP contribution in [0.2, 0.25) is 0 Å². The Morgan fingerprint density at radius 1 is 0.466 bits per heavy atom. The van der Waals surface area contributed by atoms with Gasteiger partial charge in [0.2, 0.25) is 0 Å². The first kappa shape index (κ1) is 54.7. The van der Waals surface area contributed by atoms with Gasteiger partial charge in [-0.25, -0.2) is 0 Å². The first-order chi connectivity index (χ1) is 28.3. The molecule has 1 rings (SSSR count). The Balaban J connectivity index is 2.18. The summed E-state index contributed by atoms with van der Waals surface area (Å²) in [5.41, 5.74) is 0. The molecule has 0 aromatic rings. The van der Waals surface area contributed by atoms with E-state index >= 15 is 0 Å². The van der Waals surface area contributed by atoms with Crippen LogP contribution in [0.3, 0.4) is 0 Å². The normalized spacial score (nSPS) is 20.0. The van der Waals surface area contributed by atoms with Crippen LogP contribution in [0.1, 0.15) is 239 Å². The van der Waals surface area contributed by atoms with Crippen LogP contribution in [0.4, 0.5) is 0 Å². The summed E-state index contributed by atoms with van der Waals surface area (Å²) in [6.45, 7) is 3.44. The molecule has 0 radical (unpaired) electrons. The molecule has 1 heterocycles. The molecule has 0 bridgehead atoms. The van der Waals surface area contributed by atoms with Gasteiger partial charge in [0.15, 0.2) is 12.4 Å². The second-order valence-corrected chi connectivity index (χ2v) is 17.3. The van der Waals surface area contributed by atoms with Gasteiger partial charge in [0, 0.05) is 12.8 Å². The summed E-state index contributed by atoms with van der Waals surface area (Å²) in [5, 5.41) is 40.1. The highest BCUT2D eigenvalue weighted by atomic mass is 16.7. The van der Waals surface area contributed by atoms with Crippen LogP contribution in [-0.2, 0) is 28.5 Å². The lowest BCUT2D eigenvalue weighted by atomic mass is 9.99. The smallest absolute Gasteiger partial charge is 0.306 e. The highest BCUT2D eigenvalue weighted by Crippen LogP contribution is 2.23. The largest absolute Gasteiger partial charge is 0.462 e. The molecule has 1 fully saturated rings. The highest BCUT2D eigenvalue weighted by molar-refractivity contribution is 5.70. The first-order valence-electron chi connectivity index (χ1n) is 24.6. The number of rotatable bonds is 42. The molecule has 1 aliphatic rings. The highest BCUT2D eigenvalue weighted by Gasteiger charge is 2.44. The van der Waals surface area contributed by atoms with Crippen LogP contribution < -0.4 is 0 Å². The molecule has 10 heteroatoms. The van der Waals surface area contributed by atoms with Gasteiger partial charge in [-0.2, -0.15) is 0 Å². The Morgan fingerprint density at radius 3 is 1.17 bits per heavy atom. The number of aliphatic hydroxyl groups excluding tert-OH is 4. The van der Waals surface area contributed by atoms with Gasteiger partial charge in [0.25, 0.3) is 0 Å². The monoisotopic (exact) mass is 829 g/mol. The number of carbonyl (C=O) groups excluding carboxylic acids is 2. The molecule has 6 atom stereocenters. The Kier molecular flexibility index (Phi) is 37.6. The first-order valence-corrected chi connectivity index (χ1v) is 24.6. The van der Waals surface area contributed by atoms with E-state index in [1.807, 2.05) is 0 Å². The van der Waals surface area contributed by atoms with Crippen LogP contribution in [-0.4, -0.2) is 89.0 Å². The summed E-state index contributed by atoms with van der Waals surface area (Å²) >= 11 is 0. The summed E-state index contributed by atoms with van der Waals surface area (Å²) in [6, 6.07) is 0. The molecule has 344 valence electrons. The summed E-state index contributed by atoms with van der Waals surface area (Å²) in [7, 11) is 0. The van der Waals surface area contributed by atoms with E-state index in [9.17, 15) is 30.0 Å². The van der Waals surface area contributed by atoms with E-state index < -0.39 is 49.4 Å². The van der Waals surface area contributed by atoms with Gasteiger partial charge in [-0.15, -0.1) is 0 Å². The molecule has 0 aliphatic carbocycles. The maximum atomic E-state index is 12.7. The molecule has 58 heavy (non-hydrogen) atoms. The quantitative estimate of drug-likeness (QED) is 0.0346. The molecule has 10 nitrogen and oxygen atoms in total. The number of carbonyl (C=O) groups is 2. The van der Waals surface area contributed by atoms with Gasteiger partial charge in [0.1, 0.15) is 31.0 Å². The summed E-state index contributed by atoms with van der Waals surface area (Å²) in [5.74, 6) is -0.792. The van der Waals surface area contributed by atoms with Crippen LogP contribution in [0.15, 0.2) is 0 Å². The zero-order chi connectivity index (χ0) is 42.3. The van der Waals surface area contributed by atoms with E-state index in [1.54, 1.807) is 0 Å². The van der Waals surface area contributed by atoms with Crippen molar-refractivity contribution in [3.8, 4) is 0 Å². The van der Waals surface area contributed by atoms with Crippen molar-refractivity contribution in [3.63, 3.8) is 0 Å². The minimum Gasteiger partial charge on any atom is -0.462 e. The lowest BCUT2D eigenvalue weighted by Crippen LogP contribution is -2.59. The summed E-state index contributed by atoms with van der Waals surface area (Å²) < 4.78 is 22.2. The van der Waals surface area contributed by atoms with Crippen LogP contribution in [0.25, 0.3) is 0 Å². The average Bonchev–Trinajstić information content (AvgIpc) is 3.22. The van der Waals surface area contributed by atoms with Gasteiger partial charge in [0.05, 0.1) is 13.2 Å². The van der Waals surface area contributed by atoms with Crippen molar-refractivity contribution in [2.45, 2.75) is 275 Å². The van der Waals surface area contributed by atoms with E-state index in [-0.39, 0.29) is 32.0 Å². The maximum absolute atomic E-state index is 12.7. The minimum atomic E-state index is -1.59. The van der Waals surface area contributed by atoms with Gasteiger partial charge in [-0.1, -0.05) is 213 Å². The lowest BCUT2D eigenvalue weighted by molar-refractivity contribution is -0.305. The molecule has 0 saturated carbocycles. The molecule has 1 saturated heterocycles. The zero-order valence-corrected chi connectivity index (χ0v) is 37.6. The molecule has 0 aromatic carbocycles. The van der Waals surface area contributed by atoms with Crippen LogP contribution >= 0.6 is 0 Å². The van der Waals surface area contributed by atoms with Crippen LogP contribution in [0.5, 0.6) is 0 Å². The molecule has 4 N–H and O–H groups in total. The predicted molar refractivity (Wildman–Crippen MR) is 234 cm³/mol. The third kappa shape index (κ3) is 30.7. The molecule has 1 aliphatic heterocycles. The minimum absolute atomic E-state index is 0.209. The van der Waals surface area contributed by atoms with E-state index in [1.165, 1.54) is 167 Å². The van der Waals surface area contributed by atoms with Gasteiger partial charge >= 0.3 is 11.9 Å². The molecular formula is C48H92O10. The van der Waals surface area contributed by atoms with Crippen molar-refractivity contribution in [3.05, 3.63) is 0 Å².